The van der Waals surface area contributed by atoms with Crippen LogP contribution in [-0.4, -0.2) is 24.4 Å². The highest BCUT2D eigenvalue weighted by atomic mass is 79.9. The Kier molecular flexibility index (Phi) is 7.68. The monoisotopic (exact) mass is 327 g/mol. The SMILES string of the molecule is O=C(CCCBr)NCC#CCOc1ccccc1F. The minimum absolute atomic E-state index is 0.0243. The number of ether oxygens (including phenoxy) is 1. The molecule has 0 aliphatic carbocycles. The van der Waals surface area contributed by atoms with Gasteiger partial charge in [0, 0.05) is 11.8 Å². The molecule has 1 amide bonds. The van der Waals surface area contributed by atoms with Gasteiger partial charge in [0.2, 0.25) is 5.91 Å². The fraction of sp³-hybridized carbons (Fsp3) is 0.357. The van der Waals surface area contributed by atoms with Crippen LogP contribution in [0.1, 0.15) is 12.8 Å². The van der Waals surface area contributed by atoms with E-state index >= 15 is 0 Å². The summed E-state index contributed by atoms with van der Waals surface area (Å²) in [6, 6.07) is 6.15. The van der Waals surface area contributed by atoms with Crippen molar-refractivity contribution < 1.29 is 13.9 Å². The summed E-state index contributed by atoms with van der Waals surface area (Å²) in [6.45, 7) is 0.375. The van der Waals surface area contributed by atoms with Crippen molar-refractivity contribution in [2.45, 2.75) is 12.8 Å². The van der Waals surface area contributed by atoms with Crippen molar-refractivity contribution >= 4 is 21.8 Å². The molecule has 0 fully saturated rings. The summed E-state index contributed by atoms with van der Waals surface area (Å²) in [6.07, 6.45) is 1.29. The summed E-state index contributed by atoms with van der Waals surface area (Å²) < 4.78 is 18.3. The van der Waals surface area contributed by atoms with Crippen molar-refractivity contribution in [1.29, 1.82) is 0 Å². The third-order valence-electron chi connectivity index (χ3n) is 2.17. The van der Waals surface area contributed by atoms with Gasteiger partial charge >= 0.3 is 0 Å². The van der Waals surface area contributed by atoms with E-state index in [0.717, 1.165) is 11.8 Å². The lowest BCUT2D eigenvalue weighted by Gasteiger charge is -2.02. The van der Waals surface area contributed by atoms with Crippen molar-refractivity contribution in [3.63, 3.8) is 0 Å². The first-order valence-electron chi connectivity index (χ1n) is 5.89. The van der Waals surface area contributed by atoms with Crippen LogP contribution in [0.2, 0.25) is 0 Å². The Hall–Kier alpha value is -1.54. The number of carbonyl (C=O) groups excluding carboxylic acids is 1. The molecular weight excluding hydrogens is 313 g/mol. The van der Waals surface area contributed by atoms with E-state index in [1.54, 1.807) is 18.2 Å². The maximum absolute atomic E-state index is 13.2. The molecule has 0 saturated heterocycles. The number of benzene rings is 1. The second kappa shape index (κ2) is 9.40. The smallest absolute Gasteiger partial charge is 0.220 e. The van der Waals surface area contributed by atoms with Gasteiger partial charge < -0.3 is 10.1 Å². The number of halogens is 2. The molecule has 19 heavy (non-hydrogen) atoms. The van der Waals surface area contributed by atoms with Gasteiger partial charge in [-0.05, 0) is 18.6 Å². The van der Waals surface area contributed by atoms with Crippen molar-refractivity contribution in [2.75, 3.05) is 18.5 Å². The summed E-state index contributed by atoms with van der Waals surface area (Å²) in [4.78, 5) is 11.2. The molecule has 0 unspecified atom stereocenters. The van der Waals surface area contributed by atoms with Gasteiger partial charge in [-0.25, -0.2) is 4.39 Å². The van der Waals surface area contributed by atoms with Crippen LogP contribution in [0.3, 0.4) is 0 Å². The zero-order chi connectivity index (χ0) is 13.9. The van der Waals surface area contributed by atoms with E-state index in [9.17, 15) is 9.18 Å². The van der Waals surface area contributed by atoms with Crippen molar-refractivity contribution in [1.82, 2.24) is 5.32 Å². The number of nitrogens with one attached hydrogen (secondary N) is 1. The van der Waals surface area contributed by atoms with Crippen LogP contribution in [0.15, 0.2) is 24.3 Å². The standard InChI is InChI=1S/C14H15BrFNO2/c15-9-5-8-14(18)17-10-3-4-11-19-13-7-2-1-6-12(13)16/h1-2,6-7H,5,8-11H2,(H,17,18). The molecule has 0 aliphatic heterocycles. The van der Waals surface area contributed by atoms with E-state index in [-0.39, 0.29) is 24.8 Å². The largest absolute Gasteiger partial charge is 0.478 e. The van der Waals surface area contributed by atoms with Gasteiger partial charge in [-0.15, -0.1) is 0 Å². The highest BCUT2D eigenvalue weighted by Gasteiger charge is 1.99. The Bertz CT molecular complexity index is 468. The number of para-hydroxylation sites is 1. The van der Waals surface area contributed by atoms with Crippen LogP contribution in [0.4, 0.5) is 4.39 Å². The van der Waals surface area contributed by atoms with Crippen LogP contribution >= 0.6 is 15.9 Å². The number of hydrogen-bond acceptors (Lipinski definition) is 2. The molecule has 1 aromatic carbocycles. The van der Waals surface area contributed by atoms with Crippen LogP contribution in [-0.2, 0) is 4.79 Å². The minimum atomic E-state index is -0.410. The van der Waals surface area contributed by atoms with Crippen molar-refractivity contribution in [3.8, 4) is 17.6 Å². The quantitative estimate of drug-likeness (QED) is 0.644. The maximum Gasteiger partial charge on any atom is 0.220 e. The van der Waals surface area contributed by atoms with E-state index in [1.807, 2.05) is 0 Å². The average Bonchev–Trinajstić information content (AvgIpc) is 2.42. The predicted octanol–water partition coefficient (Wildman–Crippen LogP) is 2.50. The van der Waals surface area contributed by atoms with Crippen LogP contribution in [0.25, 0.3) is 0 Å². The molecule has 0 heterocycles. The summed E-state index contributed by atoms with van der Waals surface area (Å²) in [7, 11) is 0. The third kappa shape index (κ3) is 6.82. The Morgan fingerprint density at radius 3 is 2.89 bits per heavy atom. The molecular formula is C14H15BrFNO2. The first-order chi connectivity index (χ1) is 9.24. The van der Waals surface area contributed by atoms with Gasteiger partial charge in [-0.2, -0.15) is 0 Å². The van der Waals surface area contributed by atoms with E-state index in [0.29, 0.717) is 6.42 Å². The zero-order valence-corrected chi connectivity index (χ0v) is 12.0. The van der Waals surface area contributed by atoms with Gasteiger partial charge in [-0.3, -0.25) is 4.79 Å². The Balaban J connectivity index is 2.18. The number of amides is 1. The lowest BCUT2D eigenvalue weighted by Crippen LogP contribution is -2.23. The van der Waals surface area contributed by atoms with Gasteiger partial charge in [-0.1, -0.05) is 39.9 Å². The minimum Gasteiger partial charge on any atom is -0.478 e. The summed E-state index contributed by atoms with van der Waals surface area (Å²) in [5.41, 5.74) is 0. The normalized spacial score (nSPS) is 9.37. The predicted molar refractivity (Wildman–Crippen MR) is 75.7 cm³/mol. The lowest BCUT2D eigenvalue weighted by molar-refractivity contribution is -0.120. The molecule has 102 valence electrons. The second-order valence-corrected chi connectivity index (χ2v) is 4.43. The lowest BCUT2D eigenvalue weighted by atomic mass is 10.3. The van der Waals surface area contributed by atoms with Crippen LogP contribution in [0.5, 0.6) is 5.75 Å². The number of alkyl halides is 1. The van der Waals surface area contributed by atoms with E-state index in [4.69, 9.17) is 4.74 Å². The molecule has 0 atom stereocenters. The van der Waals surface area contributed by atoms with Crippen LogP contribution < -0.4 is 10.1 Å². The second-order valence-electron chi connectivity index (χ2n) is 3.64. The van der Waals surface area contributed by atoms with E-state index < -0.39 is 5.82 Å². The fourth-order valence-electron chi connectivity index (χ4n) is 1.25. The molecule has 1 N–H and O–H groups in total. The molecule has 0 saturated carbocycles. The molecule has 0 radical (unpaired) electrons. The number of rotatable bonds is 6. The molecule has 0 aliphatic rings. The molecule has 5 heteroatoms. The number of hydrogen-bond donors (Lipinski definition) is 1. The topological polar surface area (TPSA) is 38.3 Å². The average molecular weight is 328 g/mol. The highest BCUT2D eigenvalue weighted by molar-refractivity contribution is 9.09. The summed E-state index contributed by atoms with van der Waals surface area (Å²) >= 11 is 3.25. The van der Waals surface area contributed by atoms with Gasteiger partial charge in [0.05, 0.1) is 6.54 Å². The Morgan fingerprint density at radius 1 is 1.37 bits per heavy atom. The molecule has 3 nitrogen and oxygen atoms in total. The van der Waals surface area contributed by atoms with Gasteiger partial charge in [0.1, 0.15) is 6.61 Å². The fourth-order valence-corrected chi connectivity index (χ4v) is 1.53. The maximum atomic E-state index is 13.2. The van der Waals surface area contributed by atoms with Crippen molar-refractivity contribution in [3.05, 3.63) is 30.1 Å². The van der Waals surface area contributed by atoms with Crippen LogP contribution in [0, 0.1) is 17.7 Å². The van der Waals surface area contributed by atoms with Gasteiger partial charge in [0.15, 0.2) is 11.6 Å². The summed E-state index contributed by atoms with van der Waals surface area (Å²) in [5, 5.41) is 3.47. The van der Waals surface area contributed by atoms with Gasteiger partial charge in [0.25, 0.3) is 0 Å². The molecule has 0 bridgehead atoms. The van der Waals surface area contributed by atoms with E-state index in [2.05, 4.69) is 33.1 Å². The Morgan fingerprint density at radius 2 is 2.16 bits per heavy atom. The highest BCUT2D eigenvalue weighted by Crippen LogP contribution is 2.14. The molecule has 0 spiro atoms. The number of carbonyl (C=O) groups is 1. The summed E-state index contributed by atoms with van der Waals surface area (Å²) in [5.74, 6) is 5.20. The zero-order valence-electron chi connectivity index (χ0n) is 10.4. The molecule has 0 aromatic heterocycles. The Labute approximate surface area is 120 Å². The van der Waals surface area contributed by atoms with Crippen molar-refractivity contribution in [2.24, 2.45) is 0 Å². The van der Waals surface area contributed by atoms with E-state index in [1.165, 1.54) is 6.07 Å². The first-order valence-corrected chi connectivity index (χ1v) is 7.02. The first kappa shape index (κ1) is 15.5. The molecule has 1 aromatic rings. The molecule has 1 rings (SSSR count). The third-order valence-corrected chi connectivity index (χ3v) is 2.73.